The molecular formula is C12H18N6. The van der Waals surface area contributed by atoms with Crippen LogP contribution in [0, 0.1) is 0 Å². The number of aromatic nitrogens is 3. The van der Waals surface area contributed by atoms with Gasteiger partial charge in [-0.25, -0.2) is 0 Å². The lowest BCUT2D eigenvalue weighted by molar-refractivity contribution is 0.547. The highest BCUT2D eigenvalue weighted by molar-refractivity contribution is 5.39. The van der Waals surface area contributed by atoms with E-state index >= 15 is 0 Å². The topological polar surface area (TPSA) is 106 Å². The molecule has 0 bridgehead atoms. The van der Waals surface area contributed by atoms with Gasteiger partial charge in [0.2, 0.25) is 0 Å². The summed E-state index contributed by atoms with van der Waals surface area (Å²) in [6.07, 6.45) is 5.23. The Hall–Kier alpha value is -1.92. The van der Waals surface area contributed by atoms with Gasteiger partial charge in [-0.1, -0.05) is 13.0 Å². The highest BCUT2D eigenvalue weighted by Crippen LogP contribution is 2.20. The summed E-state index contributed by atoms with van der Waals surface area (Å²) < 4.78 is 0. The molecule has 0 amide bonds. The van der Waals surface area contributed by atoms with E-state index in [0.29, 0.717) is 12.2 Å². The maximum Gasteiger partial charge on any atom is 0.123 e. The number of hydrogen-bond donors (Lipinski definition) is 4. The first-order valence-electron chi connectivity index (χ1n) is 5.93. The molecule has 2 aromatic rings. The highest BCUT2D eigenvalue weighted by Gasteiger charge is 2.15. The van der Waals surface area contributed by atoms with E-state index in [1.54, 1.807) is 6.20 Å². The molecule has 6 heteroatoms. The first-order chi connectivity index (χ1) is 8.74. The molecule has 18 heavy (non-hydrogen) atoms. The van der Waals surface area contributed by atoms with Crippen molar-refractivity contribution in [1.29, 1.82) is 0 Å². The van der Waals surface area contributed by atoms with Gasteiger partial charge in [0.15, 0.2) is 0 Å². The normalized spacial score (nSPS) is 12.6. The van der Waals surface area contributed by atoms with Gasteiger partial charge in [-0.3, -0.25) is 21.4 Å². The Morgan fingerprint density at radius 2 is 2.22 bits per heavy atom. The molecule has 6 nitrogen and oxygen atoms in total. The molecular weight excluding hydrogens is 228 g/mol. The minimum absolute atomic E-state index is 0.0938. The van der Waals surface area contributed by atoms with Crippen LogP contribution in [-0.2, 0) is 12.8 Å². The number of aromatic amines is 1. The maximum atomic E-state index is 5.78. The van der Waals surface area contributed by atoms with E-state index in [1.807, 2.05) is 12.3 Å². The van der Waals surface area contributed by atoms with Crippen molar-refractivity contribution in [3.05, 3.63) is 41.3 Å². The third kappa shape index (κ3) is 2.66. The number of hydrazine groups is 1. The molecule has 0 aromatic carbocycles. The lowest BCUT2D eigenvalue weighted by Crippen LogP contribution is -2.30. The minimum Gasteiger partial charge on any atom is -0.384 e. The minimum atomic E-state index is -0.0938. The summed E-state index contributed by atoms with van der Waals surface area (Å²) in [7, 11) is 0. The van der Waals surface area contributed by atoms with Gasteiger partial charge >= 0.3 is 0 Å². The number of rotatable bonds is 5. The van der Waals surface area contributed by atoms with Crippen molar-refractivity contribution < 1.29 is 0 Å². The lowest BCUT2D eigenvalue weighted by Gasteiger charge is -2.14. The SMILES string of the molecule is CCc1ccc(CC(NN)c2cn[nH]c2N)nc1. The van der Waals surface area contributed by atoms with E-state index in [-0.39, 0.29) is 6.04 Å². The van der Waals surface area contributed by atoms with Crippen molar-refractivity contribution in [3.63, 3.8) is 0 Å². The third-order valence-corrected chi connectivity index (χ3v) is 2.98. The molecule has 0 aliphatic heterocycles. The van der Waals surface area contributed by atoms with Crippen LogP contribution in [0.15, 0.2) is 24.5 Å². The molecule has 0 saturated carbocycles. The number of aryl methyl sites for hydroxylation is 1. The Labute approximate surface area is 106 Å². The molecule has 0 aliphatic carbocycles. The van der Waals surface area contributed by atoms with Crippen LogP contribution in [0.4, 0.5) is 5.82 Å². The van der Waals surface area contributed by atoms with E-state index in [9.17, 15) is 0 Å². The summed E-state index contributed by atoms with van der Waals surface area (Å²) in [6.45, 7) is 2.10. The van der Waals surface area contributed by atoms with Gasteiger partial charge < -0.3 is 5.73 Å². The molecule has 0 spiro atoms. The molecule has 1 atom stereocenters. The predicted octanol–water partition coefficient (Wildman–Crippen LogP) is 0.696. The van der Waals surface area contributed by atoms with Crippen molar-refractivity contribution in [2.24, 2.45) is 5.84 Å². The number of nitrogens with zero attached hydrogens (tertiary/aromatic N) is 2. The monoisotopic (exact) mass is 246 g/mol. The van der Waals surface area contributed by atoms with Crippen LogP contribution in [0.2, 0.25) is 0 Å². The highest BCUT2D eigenvalue weighted by atomic mass is 15.2. The van der Waals surface area contributed by atoms with E-state index in [1.165, 1.54) is 5.56 Å². The van der Waals surface area contributed by atoms with Crippen LogP contribution < -0.4 is 17.0 Å². The summed E-state index contributed by atoms with van der Waals surface area (Å²) in [5.41, 5.74) is 11.6. The second kappa shape index (κ2) is 5.61. The molecule has 0 saturated heterocycles. The fourth-order valence-corrected chi connectivity index (χ4v) is 1.84. The van der Waals surface area contributed by atoms with Crippen molar-refractivity contribution in [2.45, 2.75) is 25.8 Å². The number of anilines is 1. The van der Waals surface area contributed by atoms with Gasteiger partial charge in [-0.2, -0.15) is 5.10 Å². The van der Waals surface area contributed by atoms with Crippen molar-refractivity contribution in [3.8, 4) is 0 Å². The number of nitrogens with one attached hydrogen (secondary N) is 2. The second-order valence-electron chi connectivity index (χ2n) is 4.17. The summed E-state index contributed by atoms with van der Waals surface area (Å²) in [5.74, 6) is 6.09. The van der Waals surface area contributed by atoms with Crippen LogP contribution in [-0.4, -0.2) is 15.2 Å². The largest absolute Gasteiger partial charge is 0.384 e. The number of nitrogens with two attached hydrogens (primary N) is 2. The van der Waals surface area contributed by atoms with Crippen LogP contribution in [0.1, 0.15) is 29.8 Å². The van der Waals surface area contributed by atoms with E-state index in [0.717, 1.165) is 17.7 Å². The molecule has 0 radical (unpaired) electrons. The standard InChI is InChI=1S/C12H18N6/c1-2-8-3-4-9(15-6-8)5-11(17-14)10-7-16-18-12(10)13/h3-4,6-7,11,17H,2,5,14H2,1H3,(H3,13,16,18). The summed E-state index contributed by atoms with van der Waals surface area (Å²) >= 11 is 0. The number of pyridine rings is 1. The van der Waals surface area contributed by atoms with Gasteiger partial charge in [0.25, 0.3) is 0 Å². The van der Waals surface area contributed by atoms with Crippen molar-refractivity contribution in [1.82, 2.24) is 20.6 Å². The molecule has 0 fully saturated rings. The van der Waals surface area contributed by atoms with Gasteiger partial charge in [-0.15, -0.1) is 0 Å². The molecule has 0 aliphatic rings. The maximum absolute atomic E-state index is 5.78. The van der Waals surface area contributed by atoms with E-state index < -0.39 is 0 Å². The third-order valence-electron chi connectivity index (χ3n) is 2.98. The van der Waals surface area contributed by atoms with Gasteiger partial charge in [0, 0.05) is 23.9 Å². The average Bonchev–Trinajstić information content (AvgIpc) is 2.83. The zero-order chi connectivity index (χ0) is 13.0. The Morgan fingerprint density at radius 3 is 2.72 bits per heavy atom. The Kier molecular flexibility index (Phi) is 3.91. The summed E-state index contributed by atoms with van der Waals surface area (Å²) in [4.78, 5) is 4.41. The van der Waals surface area contributed by atoms with Gasteiger partial charge in [0.05, 0.1) is 12.2 Å². The molecule has 6 N–H and O–H groups in total. The summed E-state index contributed by atoms with van der Waals surface area (Å²) in [6, 6.07) is 4.00. The van der Waals surface area contributed by atoms with Gasteiger partial charge in [0.1, 0.15) is 5.82 Å². The Bertz CT molecular complexity index is 490. The van der Waals surface area contributed by atoms with Crippen LogP contribution >= 0.6 is 0 Å². The molecule has 2 heterocycles. The number of nitrogen functional groups attached to an aromatic ring is 1. The van der Waals surface area contributed by atoms with Crippen LogP contribution in [0.25, 0.3) is 0 Å². The molecule has 96 valence electrons. The average molecular weight is 246 g/mol. The first kappa shape index (κ1) is 12.5. The lowest BCUT2D eigenvalue weighted by atomic mass is 10.0. The second-order valence-corrected chi connectivity index (χ2v) is 4.17. The molecule has 1 unspecified atom stereocenters. The van der Waals surface area contributed by atoms with Crippen molar-refractivity contribution in [2.75, 3.05) is 5.73 Å². The number of hydrogen-bond acceptors (Lipinski definition) is 5. The fourth-order valence-electron chi connectivity index (χ4n) is 1.84. The Balaban J connectivity index is 2.13. The van der Waals surface area contributed by atoms with E-state index in [4.69, 9.17) is 11.6 Å². The smallest absolute Gasteiger partial charge is 0.123 e. The molecule has 2 aromatic heterocycles. The zero-order valence-electron chi connectivity index (χ0n) is 10.4. The van der Waals surface area contributed by atoms with E-state index in [2.05, 4.69) is 33.6 Å². The van der Waals surface area contributed by atoms with Crippen molar-refractivity contribution >= 4 is 5.82 Å². The van der Waals surface area contributed by atoms with Gasteiger partial charge in [-0.05, 0) is 18.1 Å². The zero-order valence-corrected chi connectivity index (χ0v) is 10.4. The predicted molar refractivity (Wildman–Crippen MR) is 70.4 cm³/mol. The quantitative estimate of drug-likeness (QED) is 0.459. The molecule has 2 rings (SSSR count). The first-order valence-corrected chi connectivity index (χ1v) is 5.93. The fraction of sp³-hybridized carbons (Fsp3) is 0.333. The van der Waals surface area contributed by atoms with Crippen LogP contribution in [0.3, 0.4) is 0 Å². The Morgan fingerprint density at radius 1 is 1.39 bits per heavy atom. The summed E-state index contributed by atoms with van der Waals surface area (Å²) in [5, 5.41) is 6.59. The number of H-pyrrole nitrogens is 1. The van der Waals surface area contributed by atoms with Crippen LogP contribution in [0.5, 0.6) is 0 Å².